The normalized spacial score (nSPS) is 13.5. The molecule has 0 saturated heterocycles. The van der Waals surface area contributed by atoms with Crippen LogP contribution in [0.2, 0.25) is 0 Å². The van der Waals surface area contributed by atoms with E-state index < -0.39 is 11.7 Å². The van der Waals surface area contributed by atoms with E-state index in [-0.39, 0.29) is 6.04 Å². The maximum absolute atomic E-state index is 11.1. The first-order valence-corrected chi connectivity index (χ1v) is 4.58. The number of carbonyl (C=O) groups excluding carboxylic acids is 1. The van der Waals surface area contributed by atoms with Crippen molar-refractivity contribution < 1.29 is 14.3 Å². The van der Waals surface area contributed by atoms with Crippen LogP contribution in [0.3, 0.4) is 0 Å². The van der Waals surface area contributed by atoms with E-state index >= 15 is 0 Å². The fourth-order valence-electron chi connectivity index (χ4n) is 0.777. The van der Waals surface area contributed by atoms with Gasteiger partial charge in [-0.3, -0.25) is 5.43 Å². The van der Waals surface area contributed by atoms with E-state index in [0.717, 1.165) is 0 Å². The molecule has 0 aliphatic heterocycles. The lowest BCUT2D eigenvalue weighted by Crippen LogP contribution is -2.46. The molecule has 0 aromatic heterocycles. The number of ether oxygens (including phenoxy) is 2. The second kappa shape index (κ2) is 5.82. The Bertz CT molecular complexity index is 177. The van der Waals surface area contributed by atoms with Gasteiger partial charge in [-0.2, -0.15) is 0 Å². The number of hydrogen-bond donors (Lipinski definition) is 2. The van der Waals surface area contributed by atoms with Crippen molar-refractivity contribution >= 4 is 6.09 Å². The number of rotatable bonds is 4. The van der Waals surface area contributed by atoms with Gasteiger partial charge in [-0.15, -0.1) is 0 Å². The molecule has 1 unspecified atom stereocenters. The molecule has 0 saturated carbocycles. The lowest BCUT2D eigenvalue weighted by molar-refractivity contribution is 0.0475. The molecule has 1 amide bonds. The van der Waals surface area contributed by atoms with E-state index in [4.69, 9.17) is 9.47 Å². The topological polar surface area (TPSA) is 59.6 Å². The van der Waals surface area contributed by atoms with Crippen molar-refractivity contribution in [2.24, 2.45) is 0 Å². The van der Waals surface area contributed by atoms with E-state index in [9.17, 15) is 4.79 Å². The Morgan fingerprint density at radius 3 is 2.43 bits per heavy atom. The van der Waals surface area contributed by atoms with Crippen molar-refractivity contribution in [3.63, 3.8) is 0 Å². The molecule has 0 aromatic rings. The average Bonchev–Trinajstić information content (AvgIpc) is 1.98. The Morgan fingerprint density at radius 1 is 1.43 bits per heavy atom. The zero-order chi connectivity index (χ0) is 11.2. The van der Waals surface area contributed by atoms with E-state index in [0.29, 0.717) is 6.61 Å². The van der Waals surface area contributed by atoms with Crippen LogP contribution in [0.4, 0.5) is 4.79 Å². The van der Waals surface area contributed by atoms with Gasteiger partial charge < -0.3 is 9.47 Å². The van der Waals surface area contributed by atoms with E-state index in [2.05, 4.69) is 10.9 Å². The third-order valence-corrected chi connectivity index (χ3v) is 1.24. The fourth-order valence-corrected chi connectivity index (χ4v) is 0.777. The number of hydrazine groups is 1. The third-order valence-electron chi connectivity index (χ3n) is 1.24. The van der Waals surface area contributed by atoms with Crippen molar-refractivity contribution in [2.75, 3.05) is 13.7 Å². The van der Waals surface area contributed by atoms with Crippen molar-refractivity contribution in [1.29, 1.82) is 0 Å². The summed E-state index contributed by atoms with van der Waals surface area (Å²) in [6, 6.07) is 0.0486. The Labute approximate surface area is 85.1 Å². The largest absolute Gasteiger partial charge is 0.443 e. The number of amides is 1. The molecule has 0 spiro atoms. The first-order chi connectivity index (χ1) is 6.35. The summed E-state index contributed by atoms with van der Waals surface area (Å²) in [5.41, 5.74) is 4.71. The van der Waals surface area contributed by atoms with Gasteiger partial charge in [-0.1, -0.05) is 0 Å². The standard InChI is InChI=1S/C9H20N2O3/c1-7(6-13-5)10-11-8(12)14-9(2,3)4/h7,10H,6H2,1-5H3,(H,11,12). The molecule has 0 aromatic carbocycles. The molecule has 2 N–H and O–H groups in total. The lowest BCUT2D eigenvalue weighted by Gasteiger charge is -2.21. The van der Waals surface area contributed by atoms with Crippen LogP contribution in [0.5, 0.6) is 0 Å². The predicted octanol–water partition coefficient (Wildman–Crippen LogP) is 1.05. The highest BCUT2D eigenvalue weighted by molar-refractivity contribution is 5.66. The van der Waals surface area contributed by atoms with Crippen LogP contribution >= 0.6 is 0 Å². The van der Waals surface area contributed by atoms with Gasteiger partial charge >= 0.3 is 6.09 Å². The lowest BCUT2D eigenvalue weighted by atomic mass is 10.2. The summed E-state index contributed by atoms with van der Waals surface area (Å²) in [5, 5.41) is 0. The average molecular weight is 204 g/mol. The Balaban J connectivity index is 3.64. The molecule has 0 aliphatic rings. The van der Waals surface area contributed by atoms with Crippen molar-refractivity contribution in [2.45, 2.75) is 39.3 Å². The zero-order valence-corrected chi connectivity index (χ0v) is 9.51. The minimum Gasteiger partial charge on any atom is -0.443 e. The van der Waals surface area contributed by atoms with Crippen LogP contribution in [0.1, 0.15) is 27.7 Å². The summed E-state index contributed by atoms with van der Waals surface area (Å²) >= 11 is 0. The molecule has 0 rings (SSSR count). The monoisotopic (exact) mass is 204 g/mol. The van der Waals surface area contributed by atoms with Crippen LogP contribution in [-0.4, -0.2) is 31.5 Å². The number of carbonyl (C=O) groups is 1. The second-order valence-corrected chi connectivity index (χ2v) is 4.13. The molecule has 84 valence electrons. The molecule has 5 nitrogen and oxygen atoms in total. The molecule has 5 heteroatoms. The quantitative estimate of drug-likeness (QED) is 0.672. The maximum atomic E-state index is 11.1. The molecule has 0 radical (unpaired) electrons. The fraction of sp³-hybridized carbons (Fsp3) is 0.889. The smallest absolute Gasteiger partial charge is 0.422 e. The molecule has 0 aliphatic carbocycles. The predicted molar refractivity (Wildman–Crippen MR) is 53.8 cm³/mol. The van der Waals surface area contributed by atoms with Crippen molar-refractivity contribution in [1.82, 2.24) is 10.9 Å². The zero-order valence-electron chi connectivity index (χ0n) is 9.51. The van der Waals surface area contributed by atoms with Gasteiger partial charge in [-0.25, -0.2) is 10.2 Å². The minimum absolute atomic E-state index is 0.0486. The van der Waals surface area contributed by atoms with Crippen LogP contribution in [0.25, 0.3) is 0 Å². The molecular formula is C9H20N2O3. The van der Waals surface area contributed by atoms with Gasteiger partial charge in [0.25, 0.3) is 0 Å². The molecule has 0 bridgehead atoms. The van der Waals surface area contributed by atoms with Crippen molar-refractivity contribution in [3.05, 3.63) is 0 Å². The molecule has 14 heavy (non-hydrogen) atoms. The number of nitrogens with one attached hydrogen (secondary N) is 2. The van der Waals surface area contributed by atoms with E-state index in [1.165, 1.54) is 0 Å². The van der Waals surface area contributed by atoms with Crippen LogP contribution in [0, 0.1) is 0 Å². The van der Waals surface area contributed by atoms with Crippen LogP contribution in [0.15, 0.2) is 0 Å². The molecule has 0 fully saturated rings. The SMILES string of the molecule is COCC(C)NNC(=O)OC(C)(C)C. The Hall–Kier alpha value is -0.810. The van der Waals surface area contributed by atoms with Gasteiger partial charge in [0.1, 0.15) is 5.60 Å². The highest BCUT2D eigenvalue weighted by Gasteiger charge is 2.16. The van der Waals surface area contributed by atoms with Gasteiger partial charge in [-0.05, 0) is 27.7 Å². The summed E-state index contributed by atoms with van der Waals surface area (Å²) in [7, 11) is 1.60. The Morgan fingerprint density at radius 2 is 2.00 bits per heavy atom. The summed E-state index contributed by atoms with van der Waals surface area (Å²) in [6.45, 7) is 7.85. The Kier molecular flexibility index (Phi) is 5.49. The molecular weight excluding hydrogens is 184 g/mol. The third kappa shape index (κ3) is 7.82. The minimum atomic E-state index is -0.486. The van der Waals surface area contributed by atoms with Crippen LogP contribution in [-0.2, 0) is 9.47 Å². The van der Waals surface area contributed by atoms with Gasteiger partial charge in [0.05, 0.1) is 6.61 Å². The first-order valence-electron chi connectivity index (χ1n) is 4.58. The maximum Gasteiger partial charge on any atom is 0.422 e. The van der Waals surface area contributed by atoms with Crippen molar-refractivity contribution in [3.8, 4) is 0 Å². The molecule has 0 heterocycles. The second-order valence-electron chi connectivity index (χ2n) is 4.13. The van der Waals surface area contributed by atoms with E-state index in [1.54, 1.807) is 7.11 Å². The first kappa shape index (κ1) is 13.2. The summed E-state index contributed by atoms with van der Waals surface area (Å²) in [4.78, 5) is 11.1. The highest BCUT2D eigenvalue weighted by Crippen LogP contribution is 2.05. The van der Waals surface area contributed by atoms with Crippen LogP contribution < -0.4 is 10.9 Å². The summed E-state index contributed by atoms with van der Waals surface area (Å²) < 4.78 is 9.90. The highest BCUT2D eigenvalue weighted by atomic mass is 16.6. The molecule has 1 atom stereocenters. The van der Waals surface area contributed by atoms with Gasteiger partial charge in [0.2, 0.25) is 0 Å². The summed E-state index contributed by atoms with van der Waals surface area (Å²) in [6.07, 6.45) is -0.486. The van der Waals surface area contributed by atoms with Gasteiger partial charge in [0.15, 0.2) is 0 Å². The number of methoxy groups -OCH3 is 1. The van der Waals surface area contributed by atoms with Gasteiger partial charge in [0, 0.05) is 13.2 Å². The number of hydrogen-bond acceptors (Lipinski definition) is 4. The van der Waals surface area contributed by atoms with E-state index in [1.807, 2.05) is 27.7 Å². The summed E-state index contributed by atoms with van der Waals surface area (Å²) in [5.74, 6) is 0.